The van der Waals surface area contributed by atoms with E-state index in [1.807, 2.05) is 24.6 Å². The van der Waals surface area contributed by atoms with Crippen molar-refractivity contribution in [2.75, 3.05) is 0 Å². The molecule has 0 aromatic carbocycles. The van der Waals surface area contributed by atoms with Crippen LogP contribution >= 0.6 is 15.9 Å². The summed E-state index contributed by atoms with van der Waals surface area (Å²) in [4.78, 5) is 0.383. The second-order valence-electron chi connectivity index (χ2n) is 2.85. The fourth-order valence-electron chi connectivity index (χ4n) is 1.27. The van der Waals surface area contributed by atoms with Crippen molar-refractivity contribution in [2.45, 2.75) is 20.4 Å². The van der Waals surface area contributed by atoms with Gasteiger partial charge in [-0.05, 0) is 19.9 Å². The molecule has 0 N–H and O–H groups in total. The van der Waals surface area contributed by atoms with Crippen LogP contribution in [0.1, 0.15) is 12.6 Å². The molecule has 0 aliphatic carbocycles. The monoisotopic (exact) mass is 256 g/mol. The predicted octanol–water partition coefficient (Wildman–Crippen LogP) is 2.02. The molecule has 2 heterocycles. The Morgan fingerprint density at radius 3 is 2.86 bits per heavy atom. The summed E-state index contributed by atoms with van der Waals surface area (Å²) < 4.78 is 7.09. The van der Waals surface area contributed by atoms with Crippen LogP contribution in [0.4, 0.5) is 0 Å². The smallest absolute Gasteiger partial charge is 0.285 e. The molecule has 2 rings (SSSR count). The zero-order chi connectivity index (χ0) is 10.1. The number of hydrogen-bond donors (Lipinski definition) is 0. The Morgan fingerprint density at radius 2 is 2.29 bits per heavy atom. The average Bonchev–Trinajstić information content (AvgIpc) is 2.71. The van der Waals surface area contributed by atoms with Gasteiger partial charge in [0.15, 0.2) is 0 Å². The van der Waals surface area contributed by atoms with Crippen LogP contribution in [-0.4, -0.2) is 20.0 Å². The molecule has 0 atom stereocenters. The summed E-state index contributed by atoms with van der Waals surface area (Å²) >= 11 is 3.11. The van der Waals surface area contributed by atoms with Crippen LogP contribution < -0.4 is 0 Å². The Hall–Kier alpha value is -1.17. The third kappa shape index (κ3) is 1.57. The highest BCUT2D eigenvalue weighted by atomic mass is 79.9. The second kappa shape index (κ2) is 3.53. The van der Waals surface area contributed by atoms with E-state index in [1.165, 1.54) is 0 Å². The van der Waals surface area contributed by atoms with Gasteiger partial charge in [0.1, 0.15) is 5.69 Å². The molecule has 74 valence electrons. The SMILES string of the molecule is CCn1nc(C)cc1-c1nnc(Br)o1. The number of aromatic nitrogens is 4. The van der Waals surface area contributed by atoms with E-state index < -0.39 is 0 Å². The summed E-state index contributed by atoms with van der Waals surface area (Å²) in [5.41, 5.74) is 1.79. The van der Waals surface area contributed by atoms with Gasteiger partial charge in [-0.2, -0.15) is 5.10 Å². The van der Waals surface area contributed by atoms with E-state index in [9.17, 15) is 0 Å². The summed E-state index contributed by atoms with van der Waals surface area (Å²) in [6.07, 6.45) is 0. The molecule has 0 amide bonds. The maximum Gasteiger partial charge on any atom is 0.285 e. The Kier molecular flexibility index (Phi) is 2.37. The molecule has 0 saturated carbocycles. The first kappa shape index (κ1) is 9.39. The average molecular weight is 257 g/mol. The van der Waals surface area contributed by atoms with Crippen molar-refractivity contribution in [3.63, 3.8) is 0 Å². The first-order valence-corrected chi connectivity index (χ1v) is 5.04. The molecular weight excluding hydrogens is 248 g/mol. The second-order valence-corrected chi connectivity index (χ2v) is 3.53. The number of rotatable bonds is 2. The molecule has 0 fully saturated rings. The maximum absolute atomic E-state index is 5.26. The van der Waals surface area contributed by atoms with Gasteiger partial charge in [0.2, 0.25) is 0 Å². The van der Waals surface area contributed by atoms with Gasteiger partial charge in [-0.1, -0.05) is 0 Å². The van der Waals surface area contributed by atoms with Gasteiger partial charge < -0.3 is 4.42 Å². The fraction of sp³-hybridized carbons (Fsp3) is 0.375. The molecule has 0 unspecified atom stereocenters. The van der Waals surface area contributed by atoms with E-state index in [-0.39, 0.29) is 0 Å². The summed E-state index contributed by atoms with van der Waals surface area (Å²) in [7, 11) is 0. The van der Waals surface area contributed by atoms with Crippen LogP contribution in [0.2, 0.25) is 0 Å². The van der Waals surface area contributed by atoms with Crippen molar-refractivity contribution in [2.24, 2.45) is 0 Å². The predicted molar refractivity (Wildman–Crippen MR) is 53.6 cm³/mol. The van der Waals surface area contributed by atoms with Gasteiger partial charge in [0.25, 0.3) is 10.7 Å². The molecular formula is C8H9BrN4O. The van der Waals surface area contributed by atoms with Gasteiger partial charge in [0.05, 0.1) is 5.69 Å². The van der Waals surface area contributed by atoms with Crippen LogP contribution in [0.15, 0.2) is 15.3 Å². The van der Waals surface area contributed by atoms with E-state index in [0.717, 1.165) is 17.9 Å². The molecule has 0 spiro atoms. The summed E-state index contributed by atoms with van der Waals surface area (Å²) in [5, 5.41) is 11.9. The highest BCUT2D eigenvalue weighted by Crippen LogP contribution is 2.20. The van der Waals surface area contributed by atoms with E-state index in [4.69, 9.17) is 4.42 Å². The van der Waals surface area contributed by atoms with E-state index in [0.29, 0.717) is 10.7 Å². The number of aryl methyl sites for hydroxylation is 2. The van der Waals surface area contributed by atoms with Gasteiger partial charge in [-0.15, -0.1) is 10.2 Å². The van der Waals surface area contributed by atoms with E-state index in [2.05, 4.69) is 31.2 Å². The summed E-state index contributed by atoms with van der Waals surface area (Å²) in [5.74, 6) is 0.485. The normalized spacial score (nSPS) is 10.8. The lowest BCUT2D eigenvalue weighted by Crippen LogP contribution is -1.99. The van der Waals surface area contributed by atoms with Crippen molar-refractivity contribution in [1.29, 1.82) is 0 Å². The molecule has 0 aliphatic rings. The first-order valence-electron chi connectivity index (χ1n) is 4.24. The Labute approximate surface area is 89.3 Å². The topological polar surface area (TPSA) is 56.7 Å². The number of nitrogens with zero attached hydrogens (tertiary/aromatic N) is 4. The highest BCUT2D eigenvalue weighted by Gasteiger charge is 2.12. The lowest BCUT2D eigenvalue weighted by Gasteiger charge is -1.97. The van der Waals surface area contributed by atoms with Gasteiger partial charge in [-0.25, -0.2) is 0 Å². The molecule has 2 aromatic heterocycles. The Morgan fingerprint density at radius 1 is 1.50 bits per heavy atom. The molecule has 2 aromatic rings. The Balaban J connectivity index is 2.49. The van der Waals surface area contributed by atoms with Gasteiger partial charge in [0, 0.05) is 22.5 Å². The molecule has 6 heteroatoms. The van der Waals surface area contributed by atoms with Gasteiger partial charge in [-0.3, -0.25) is 4.68 Å². The van der Waals surface area contributed by atoms with Crippen molar-refractivity contribution < 1.29 is 4.42 Å². The third-order valence-corrected chi connectivity index (χ3v) is 2.14. The zero-order valence-electron chi connectivity index (χ0n) is 7.86. The van der Waals surface area contributed by atoms with Crippen LogP contribution in [0.3, 0.4) is 0 Å². The van der Waals surface area contributed by atoms with E-state index >= 15 is 0 Å². The minimum Gasteiger partial charge on any atom is -0.409 e. The highest BCUT2D eigenvalue weighted by molar-refractivity contribution is 9.10. The molecule has 0 bridgehead atoms. The van der Waals surface area contributed by atoms with E-state index in [1.54, 1.807) is 0 Å². The molecule has 0 aliphatic heterocycles. The fourth-order valence-corrected chi connectivity index (χ4v) is 1.50. The van der Waals surface area contributed by atoms with Crippen molar-refractivity contribution >= 4 is 15.9 Å². The minimum absolute atomic E-state index is 0.383. The van der Waals surface area contributed by atoms with Crippen LogP contribution in [0.5, 0.6) is 0 Å². The molecule has 5 nitrogen and oxygen atoms in total. The van der Waals surface area contributed by atoms with Gasteiger partial charge >= 0.3 is 0 Å². The van der Waals surface area contributed by atoms with Crippen molar-refractivity contribution in [1.82, 2.24) is 20.0 Å². The molecule has 0 saturated heterocycles. The quantitative estimate of drug-likeness (QED) is 0.825. The van der Waals surface area contributed by atoms with Crippen molar-refractivity contribution in [3.8, 4) is 11.6 Å². The number of halogens is 1. The Bertz CT molecular complexity index is 448. The summed E-state index contributed by atoms with van der Waals surface area (Å²) in [6, 6.07) is 1.92. The first-order chi connectivity index (χ1) is 6.70. The minimum atomic E-state index is 0.383. The summed E-state index contributed by atoms with van der Waals surface area (Å²) in [6.45, 7) is 4.73. The lowest BCUT2D eigenvalue weighted by atomic mass is 10.4. The third-order valence-electron chi connectivity index (χ3n) is 1.82. The molecule has 14 heavy (non-hydrogen) atoms. The lowest BCUT2D eigenvalue weighted by molar-refractivity contribution is 0.529. The zero-order valence-corrected chi connectivity index (χ0v) is 9.45. The maximum atomic E-state index is 5.26. The molecule has 0 radical (unpaired) electrons. The largest absolute Gasteiger partial charge is 0.409 e. The standard InChI is InChI=1S/C8H9BrN4O/c1-3-13-6(4-5(2)12-13)7-10-11-8(9)14-7/h4H,3H2,1-2H3. The van der Waals surface area contributed by atoms with Crippen molar-refractivity contribution in [3.05, 3.63) is 16.6 Å². The van der Waals surface area contributed by atoms with Crippen LogP contribution in [-0.2, 0) is 6.54 Å². The van der Waals surface area contributed by atoms with Crippen LogP contribution in [0, 0.1) is 6.92 Å². The van der Waals surface area contributed by atoms with Crippen LogP contribution in [0.25, 0.3) is 11.6 Å². The number of hydrogen-bond acceptors (Lipinski definition) is 4.